The smallest absolute Gasteiger partial charge is 0.239 e. The zero-order valence-electron chi connectivity index (χ0n) is 13.7. The van der Waals surface area contributed by atoms with E-state index in [9.17, 15) is 9.59 Å². The molecule has 0 saturated heterocycles. The fraction of sp³-hybridized carbons (Fsp3) is 0.263. The molecule has 120 valence electrons. The van der Waals surface area contributed by atoms with Gasteiger partial charge < -0.3 is 10.6 Å². The largest absolute Gasteiger partial charge is 0.349 e. The van der Waals surface area contributed by atoms with E-state index in [-0.39, 0.29) is 17.9 Å². The Bertz CT molecular complexity index is 666. The van der Waals surface area contributed by atoms with E-state index in [1.807, 2.05) is 55.5 Å². The molecule has 0 aliphatic carbocycles. The molecule has 2 rings (SSSR count). The number of rotatable bonds is 5. The third-order valence-electron chi connectivity index (χ3n) is 3.81. The summed E-state index contributed by atoms with van der Waals surface area (Å²) in [5.74, 6) is -0.635. The fourth-order valence-electron chi connectivity index (χ4n) is 2.11. The van der Waals surface area contributed by atoms with Crippen LogP contribution in [0.25, 0.3) is 0 Å². The second kappa shape index (κ2) is 7.09. The Kier molecular flexibility index (Phi) is 5.16. The summed E-state index contributed by atoms with van der Waals surface area (Å²) in [4.78, 5) is 24.9. The van der Waals surface area contributed by atoms with Crippen LogP contribution in [-0.4, -0.2) is 11.8 Å². The van der Waals surface area contributed by atoms with Crippen LogP contribution in [0.5, 0.6) is 0 Å². The summed E-state index contributed by atoms with van der Waals surface area (Å²) in [5.41, 5.74) is 0.508. The lowest BCUT2D eigenvalue weighted by molar-refractivity contribution is -0.138. The van der Waals surface area contributed by atoms with Crippen molar-refractivity contribution < 1.29 is 9.59 Å². The Hall–Kier alpha value is -2.62. The predicted octanol–water partition coefficient (Wildman–Crippen LogP) is 3.53. The first-order valence-corrected chi connectivity index (χ1v) is 7.63. The molecule has 4 heteroatoms. The van der Waals surface area contributed by atoms with Crippen LogP contribution >= 0.6 is 0 Å². The molecule has 4 nitrogen and oxygen atoms in total. The third kappa shape index (κ3) is 4.19. The Morgan fingerprint density at radius 3 is 1.96 bits per heavy atom. The van der Waals surface area contributed by atoms with Gasteiger partial charge in [0, 0.05) is 5.69 Å². The normalized spacial score (nSPS) is 12.3. The molecular weight excluding hydrogens is 288 g/mol. The zero-order valence-corrected chi connectivity index (χ0v) is 13.7. The van der Waals surface area contributed by atoms with Crippen LogP contribution in [0.2, 0.25) is 0 Å². The molecule has 0 aromatic heterocycles. The zero-order chi connectivity index (χ0) is 16.9. The first-order valence-electron chi connectivity index (χ1n) is 7.63. The van der Waals surface area contributed by atoms with Crippen LogP contribution in [0.1, 0.15) is 32.4 Å². The van der Waals surface area contributed by atoms with Gasteiger partial charge in [0.05, 0.1) is 6.04 Å². The number of benzene rings is 2. The van der Waals surface area contributed by atoms with Crippen LogP contribution in [0.15, 0.2) is 60.7 Å². The van der Waals surface area contributed by atoms with Gasteiger partial charge in [0.15, 0.2) is 0 Å². The van der Waals surface area contributed by atoms with E-state index in [0.29, 0.717) is 5.69 Å². The van der Waals surface area contributed by atoms with Crippen molar-refractivity contribution >= 4 is 17.5 Å². The molecule has 0 radical (unpaired) electrons. The van der Waals surface area contributed by atoms with Crippen LogP contribution in [0.3, 0.4) is 0 Å². The van der Waals surface area contributed by atoms with Crippen molar-refractivity contribution in [2.24, 2.45) is 5.41 Å². The Morgan fingerprint density at radius 2 is 1.39 bits per heavy atom. The first-order chi connectivity index (χ1) is 10.9. The molecule has 0 saturated carbocycles. The molecule has 2 N–H and O–H groups in total. The van der Waals surface area contributed by atoms with Gasteiger partial charge in [-0.3, -0.25) is 9.59 Å². The van der Waals surface area contributed by atoms with Gasteiger partial charge in [-0.25, -0.2) is 0 Å². The number of amides is 2. The summed E-state index contributed by atoms with van der Waals surface area (Å²) in [5, 5.41) is 5.68. The van der Waals surface area contributed by atoms with Crippen molar-refractivity contribution in [1.29, 1.82) is 0 Å². The minimum atomic E-state index is -1.17. The number of para-hydroxylation sites is 1. The number of anilines is 1. The van der Waals surface area contributed by atoms with Crippen LogP contribution in [0.4, 0.5) is 5.69 Å². The molecule has 1 unspecified atom stereocenters. The van der Waals surface area contributed by atoms with Crippen molar-refractivity contribution in [3.8, 4) is 0 Å². The van der Waals surface area contributed by atoms with Gasteiger partial charge in [0.1, 0.15) is 5.41 Å². The van der Waals surface area contributed by atoms with Crippen molar-refractivity contribution in [3.63, 3.8) is 0 Å². The van der Waals surface area contributed by atoms with E-state index in [2.05, 4.69) is 10.6 Å². The average Bonchev–Trinajstić information content (AvgIpc) is 2.56. The molecule has 2 aromatic carbocycles. The maximum Gasteiger partial charge on any atom is 0.239 e. The molecule has 23 heavy (non-hydrogen) atoms. The van der Waals surface area contributed by atoms with E-state index < -0.39 is 5.41 Å². The lowest BCUT2D eigenvalue weighted by atomic mass is 9.90. The molecule has 0 heterocycles. The summed E-state index contributed by atoms with van der Waals surface area (Å²) in [7, 11) is 0. The standard InChI is InChI=1S/C19H22N2O2/c1-14(15-10-6-4-7-11-15)20-17(22)19(2,3)18(23)21-16-12-8-5-9-13-16/h4-14H,1-3H3,(H,20,22)(H,21,23). The molecule has 0 fully saturated rings. The number of nitrogens with one attached hydrogen (secondary N) is 2. The molecule has 1 atom stereocenters. The van der Waals surface area contributed by atoms with Gasteiger partial charge in [0.2, 0.25) is 11.8 Å². The van der Waals surface area contributed by atoms with Gasteiger partial charge in [-0.15, -0.1) is 0 Å². The van der Waals surface area contributed by atoms with Gasteiger partial charge in [0.25, 0.3) is 0 Å². The van der Waals surface area contributed by atoms with Crippen LogP contribution in [0, 0.1) is 5.41 Å². The molecule has 2 amide bonds. The summed E-state index contributed by atoms with van der Waals surface area (Å²) in [6.07, 6.45) is 0. The highest BCUT2D eigenvalue weighted by molar-refractivity contribution is 6.09. The maximum atomic E-state index is 12.5. The van der Waals surface area contributed by atoms with Crippen LogP contribution in [-0.2, 0) is 9.59 Å². The highest BCUT2D eigenvalue weighted by atomic mass is 16.2. The number of carbonyl (C=O) groups is 2. The molecule has 0 aliphatic rings. The number of hydrogen-bond donors (Lipinski definition) is 2. The van der Waals surface area contributed by atoms with Gasteiger partial charge in [-0.05, 0) is 38.5 Å². The second-order valence-electron chi connectivity index (χ2n) is 6.05. The highest BCUT2D eigenvalue weighted by Crippen LogP contribution is 2.21. The maximum absolute atomic E-state index is 12.5. The van der Waals surface area contributed by atoms with E-state index >= 15 is 0 Å². The lowest BCUT2D eigenvalue weighted by Gasteiger charge is -2.25. The van der Waals surface area contributed by atoms with Gasteiger partial charge >= 0.3 is 0 Å². The van der Waals surface area contributed by atoms with Gasteiger partial charge in [-0.1, -0.05) is 48.5 Å². The van der Waals surface area contributed by atoms with Crippen molar-refractivity contribution in [2.45, 2.75) is 26.8 Å². The van der Waals surface area contributed by atoms with Crippen molar-refractivity contribution in [3.05, 3.63) is 66.2 Å². The Morgan fingerprint density at radius 1 is 0.870 bits per heavy atom. The Labute approximate surface area is 136 Å². The van der Waals surface area contributed by atoms with E-state index in [1.54, 1.807) is 26.0 Å². The minimum absolute atomic E-state index is 0.160. The average molecular weight is 310 g/mol. The van der Waals surface area contributed by atoms with E-state index in [1.165, 1.54) is 0 Å². The summed E-state index contributed by atoms with van der Waals surface area (Å²) >= 11 is 0. The monoisotopic (exact) mass is 310 g/mol. The van der Waals surface area contributed by atoms with E-state index in [4.69, 9.17) is 0 Å². The predicted molar refractivity (Wildman–Crippen MR) is 91.9 cm³/mol. The van der Waals surface area contributed by atoms with E-state index in [0.717, 1.165) is 5.56 Å². The summed E-state index contributed by atoms with van der Waals surface area (Å²) in [6, 6.07) is 18.6. The molecule has 0 bridgehead atoms. The third-order valence-corrected chi connectivity index (χ3v) is 3.81. The molecule has 2 aromatic rings. The summed E-state index contributed by atoms with van der Waals surface area (Å²) < 4.78 is 0. The quantitative estimate of drug-likeness (QED) is 0.830. The Balaban J connectivity index is 2.03. The molecule has 0 aliphatic heterocycles. The first kappa shape index (κ1) is 16.7. The topological polar surface area (TPSA) is 58.2 Å². The highest BCUT2D eigenvalue weighted by Gasteiger charge is 2.36. The minimum Gasteiger partial charge on any atom is -0.349 e. The fourth-order valence-corrected chi connectivity index (χ4v) is 2.11. The van der Waals surface area contributed by atoms with Crippen LogP contribution < -0.4 is 10.6 Å². The molecule has 0 spiro atoms. The SMILES string of the molecule is CC(NC(=O)C(C)(C)C(=O)Nc1ccccc1)c1ccccc1. The second-order valence-corrected chi connectivity index (χ2v) is 6.05. The lowest BCUT2D eigenvalue weighted by Crippen LogP contribution is -2.45. The number of hydrogen-bond acceptors (Lipinski definition) is 2. The van der Waals surface area contributed by atoms with Crippen molar-refractivity contribution in [2.75, 3.05) is 5.32 Å². The molecular formula is C19H22N2O2. The number of carbonyl (C=O) groups excluding carboxylic acids is 2. The summed E-state index contributed by atoms with van der Waals surface area (Å²) in [6.45, 7) is 5.15. The van der Waals surface area contributed by atoms with Crippen molar-refractivity contribution in [1.82, 2.24) is 5.32 Å². The van der Waals surface area contributed by atoms with Gasteiger partial charge in [-0.2, -0.15) is 0 Å².